The summed E-state index contributed by atoms with van der Waals surface area (Å²) in [5, 5.41) is 7.04. The number of nitrogens with two attached hydrogens (primary N) is 2. The van der Waals surface area contributed by atoms with Crippen LogP contribution in [0.2, 0.25) is 0 Å². The maximum absolute atomic E-state index is 14.6. The zero-order chi connectivity index (χ0) is 21.0. The summed E-state index contributed by atoms with van der Waals surface area (Å²) in [5.74, 6) is -0.899. The lowest BCUT2D eigenvalue weighted by atomic mass is 10.0. The quantitative estimate of drug-likeness (QED) is 0.463. The number of aromatic nitrogens is 2. The van der Waals surface area contributed by atoms with Gasteiger partial charge in [-0.2, -0.15) is 0 Å². The molecule has 1 unspecified atom stereocenters. The molecule has 7 nitrogen and oxygen atoms in total. The number of benzene rings is 1. The van der Waals surface area contributed by atoms with Gasteiger partial charge in [0.15, 0.2) is 11.6 Å². The number of carbonyl (C=O) groups is 1. The van der Waals surface area contributed by atoms with Crippen LogP contribution in [0.3, 0.4) is 0 Å². The monoisotopic (exact) mass is 396 g/mol. The highest BCUT2D eigenvalue weighted by molar-refractivity contribution is 6.00. The highest BCUT2D eigenvalue weighted by Crippen LogP contribution is 2.28. The van der Waals surface area contributed by atoms with Crippen LogP contribution in [-0.4, -0.2) is 28.5 Å². The number of primary amides is 1. The Morgan fingerprint density at radius 2 is 1.97 bits per heavy atom. The molecule has 8 heteroatoms. The number of halogens is 1. The second-order valence-electron chi connectivity index (χ2n) is 7.29. The van der Waals surface area contributed by atoms with Crippen LogP contribution in [-0.2, 0) is 0 Å². The number of para-hydroxylation sites is 1. The summed E-state index contributed by atoms with van der Waals surface area (Å²) in [5.41, 5.74) is 12.5. The molecular formula is C21H25FN6O. The second kappa shape index (κ2) is 8.83. The van der Waals surface area contributed by atoms with Gasteiger partial charge in [0.2, 0.25) is 0 Å². The molecule has 3 rings (SSSR count). The third kappa shape index (κ3) is 4.78. The molecule has 1 aromatic carbocycles. The first-order valence-electron chi connectivity index (χ1n) is 9.46. The van der Waals surface area contributed by atoms with Crippen molar-refractivity contribution in [1.82, 2.24) is 9.97 Å². The third-order valence-corrected chi connectivity index (χ3v) is 4.51. The van der Waals surface area contributed by atoms with Crippen molar-refractivity contribution < 1.29 is 9.18 Å². The number of nitrogens with one attached hydrogen (secondary N) is 2. The molecule has 3 aromatic rings. The number of carbonyl (C=O) groups excluding carboxylic acids is 1. The van der Waals surface area contributed by atoms with Crippen LogP contribution < -0.4 is 22.1 Å². The largest absolute Gasteiger partial charge is 0.365 e. The Kier molecular flexibility index (Phi) is 6.23. The average molecular weight is 396 g/mol. The molecular weight excluding hydrogens is 371 g/mol. The molecule has 2 aromatic heterocycles. The zero-order valence-electron chi connectivity index (χ0n) is 16.4. The van der Waals surface area contributed by atoms with E-state index < -0.39 is 11.7 Å². The molecule has 0 aliphatic rings. The summed E-state index contributed by atoms with van der Waals surface area (Å²) in [6.45, 7) is 4.45. The number of hydrogen-bond acceptors (Lipinski definition) is 6. The average Bonchev–Trinajstić information content (AvgIpc) is 2.69. The Hall–Kier alpha value is -3.26. The predicted octanol–water partition coefficient (Wildman–Crippen LogP) is 3.40. The molecule has 1 atom stereocenters. The number of amides is 1. The fourth-order valence-corrected chi connectivity index (χ4v) is 3.18. The smallest absolute Gasteiger partial charge is 0.252 e. The Morgan fingerprint density at radius 1 is 1.21 bits per heavy atom. The maximum atomic E-state index is 14.6. The summed E-state index contributed by atoms with van der Waals surface area (Å²) >= 11 is 0. The first-order chi connectivity index (χ1) is 13.9. The number of nitrogens with zero attached hydrogens (tertiary/aromatic N) is 2. The number of anilines is 3. The number of rotatable bonds is 8. The van der Waals surface area contributed by atoms with Crippen molar-refractivity contribution >= 4 is 34.1 Å². The lowest BCUT2D eigenvalue weighted by Gasteiger charge is -2.21. The van der Waals surface area contributed by atoms with Crippen molar-refractivity contribution in [2.45, 2.75) is 26.3 Å². The van der Waals surface area contributed by atoms with Gasteiger partial charge in [-0.3, -0.25) is 9.78 Å². The maximum Gasteiger partial charge on any atom is 0.252 e. The SMILES string of the molecule is CC(C)CC(CN)Nc1nc(Nc2cccc3cccnc23)c(C(N)=O)cc1F. The van der Waals surface area contributed by atoms with Gasteiger partial charge in [-0.25, -0.2) is 9.37 Å². The highest BCUT2D eigenvalue weighted by Gasteiger charge is 2.19. The number of fused-ring (bicyclic) bond motifs is 1. The van der Waals surface area contributed by atoms with Crippen LogP contribution in [0.4, 0.5) is 21.7 Å². The van der Waals surface area contributed by atoms with Crippen molar-refractivity contribution in [3.63, 3.8) is 0 Å². The standard InChI is InChI=1S/C21H25FN6O/c1-12(2)9-14(11-23)26-21-16(22)10-15(19(24)29)20(28-21)27-17-7-3-5-13-6-4-8-25-18(13)17/h3-8,10,12,14H,9,11,23H2,1-2H3,(H2,24,29)(H2,26,27,28). The van der Waals surface area contributed by atoms with Crippen molar-refractivity contribution in [3.8, 4) is 0 Å². The minimum Gasteiger partial charge on any atom is -0.365 e. The van der Waals surface area contributed by atoms with Gasteiger partial charge in [-0.05, 0) is 30.5 Å². The third-order valence-electron chi connectivity index (χ3n) is 4.51. The van der Waals surface area contributed by atoms with E-state index in [9.17, 15) is 9.18 Å². The fourth-order valence-electron chi connectivity index (χ4n) is 3.18. The molecule has 0 aliphatic carbocycles. The minimum absolute atomic E-state index is 0.0156. The van der Waals surface area contributed by atoms with Gasteiger partial charge >= 0.3 is 0 Å². The molecule has 0 bridgehead atoms. The second-order valence-corrected chi connectivity index (χ2v) is 7.29. The number of hydrogen-bond donors (Lipinski definition) is 4. The van der Waals surface area contributed by atoms with Crippen LogP contribution in [0.1, 0.15) is 30.6 Å². The Morgan fingerprint density at radius 3 is 2.66 bits per heavy atom. The van der Waals surface area contributed by atoms with Crippen molar-refractivity contribution in [1.29, 1.82) is 0 Å². The lowest BCUT2D eigenvalue weighted by molar-refractivity contribution is 0.100. The van der Waals surface area contributed by atoms with E-state index in [4.69, 9.17) is 11.5 Å². The first-order valence-corrected chi connectivity index (χ1v) is 9.46. The van der Waals surface area contributed by atoms with Crippen LogP contribution in [0, 0.1) is 11.7 Å². The fraction of sp³-hybridized carbons (Fsp3) is 0.286. The van der Waals surface area contributed by atoms with Crippen LogP contribution in [0.25, 0.3) is 10.9 Å². The summed E-state index contributed by atoms with van der Waals surface area (Å²) in [7, 11) is 0. The van der Waals surface area contributed by atoms with Crippen LogP contribution in [0.5, 0.6) is 0 Å². The van der Waals surface area contributed by atoms with Gasteiger partial charge < -0.3 is 22.1 Å². The number of pyridine rings is 2. The molecule has 0 saturated carbocycles. The molecule has 0 aliphatic heterocycles. The van der Waals surface area contributed by atoms with E-state index in [1.165, 1.54) is 0 Å². The van der Waals surface area contributed by atoms with E-state index in [1.54, 1.807) is 12.3 Å². The zero-order valence-corrected chi connectivity index (χ0v) is 16.4. The van der Waals surface area contributed by atoms with Gasteiger partial charge in [0.1, 0.15) is 5.82 Å². The molecule has 1 amide bonds. The first kappa shape index (κ1) is 20.5. The van der Waals surface area contributed by atoms with Crippen molar-refractivity contribution in [2.75, 3.05) is 17.2 Å². The van der Waals surface area contributed by atoms with Gasteiger partial charge in [-0.1, -0.05) is 32.0 Å². The summed E-state index contributed by atoms with van der Waals surface area (Å²) in [4.78, 5) is 20.6. The minimum atomic E-state index is -0.781. The Bertz CT molecular complexity index is 1020. The predicted molar refractivity (Wildman–Crippen MR) is 114 cm³/mol. The summed E-state index contributed by atoms with van der Waals surface area (Å²) in [6, 6.07) is 10.3. The molecule has 152 valence electrons. The van der Waals surface area contributed by atoms with Crippen molar-refractivity contribution in [3.05, 3.63) is 54.0 Å². The van der Waals surface area contributed by atoms with Gasteiger partial charge in [-0.15, -0.1) is 0 Å². The summed E-state index contributed by atoms with van der Waals surface area (Å²) < 4.78 is 14.6. The Balaban J connectivity index is 2.01. The van der Waals surface area contributed by atoms with E-state index in [1.807, 2.05) is 24.3 Å². The highest BCUT2D eigenvalue weighted by atomic mass is 19.1. The molecule has 0 spiro atoms. The van der Waals surface area contributed by atoms with E-state index in [-0.39, 0.29) is 23.2 Å². The molecule has 6 N–H and O–H groups in total. The van der Waals surface area contributed by atoms with E-state index in [0.717, 1.165) is 17.9 Å². The molecule has 0 saturated heterocycles. The Labute approximate surface area is 168 Å². The van der Waals surface area contributed by atoms with E-state index >= 15 is 0 Å². The summed E-state index contributed by atoms with van der Waals surface area (Å²) in [6.07, 6.45) is 2.43. The lowest BCUT2D eigenvalue weighted by Crippen LogP contribution is -2.31. The van der Waals surface area contributed by atoms with Crippen LogP contribution in [0.15, 0.2) is 42.6 Å². The van der Waals surface area contributed by atoms with E-state index in [0.29, 0.717) is 23.7 Å². The molecule has 2 heterocycles. The molecule has 0 fully saturated rings. The van der Waals surface area contributed by atoms with E-state index in [2.05, 4.69) is 34.4 Å². The van der Waals surface area contributed by atoms with Crippen LogP contribution >= 0.6 is 0 Å². The molecule has 29 heavy (non-hydrogen) atoms. The van der Waals surface area contributed by atoms with Gasteiger partial charge in [0.25, 0.3) is 5.91 Å². The van der Waals surface area contributed by atoms with Gasteiger partial charge in [0, 0.05) is 24.2 Å². The topological polar surface area (TPSA) is 119 Å². The van der Waals surface area contributed by atoms with Gasteiger partial charge in [0.05, 0.1) is 16.8 Å². The van der Waals surface area contributed by atoms with Crippen molar-refractivity contribution in [2.24, 2.45) is 17.4 Å². The normalized spacial score (nSPS) is 12.2. The molecule has 0 radical (unpaired) electrons.